The van der Waals surface area contributed by atoms with Gasteiger partial charge in [0, 0.05) is 11.8 Å². The van der Waals surface area contributed by atoms with E-state index in [9.17, 15) is 13.2 Å². The van der Waals surface area contributed by atoms with Gasteiger partial charge < -0.3 is 5.32 Å². The summed E-state index contributed by atoms with van der Waals surface area (Å²) in [5.74, 6) is 0.739. The van der Waals surface area contributed by atoms with Crippen LogP contribution in [0.4, 0.5) is 0 Å². The van der Waals surface area contributed by atoms with Crippen molar-refractivity contribution < 1.29 is 13.2 Å². The first-order chi connectivity index (χ1) is 7.03. The Balaban J connectivity index is 2.21. The molecule has 0 radical (unpaired) electrons. The third-order valence-electron chi connectivity index (χ3n) is 2.08. The summed E-state index contributed by atoms with van der Waals surface area (Å²) in [6, 6.07) is 0. The predicted molar refractivity (Wildman–Crippen MR) is 62.7 cm³/mol. The molecule has 0 saturated carbocycles. The molecule has 0 bridgehead atoms. The third kappa shape index (κ3) is 4.70. The highest BCUT2D eigenvalue weighted by atomic mass is 32.2. The number of carbonyl (C=O) groups is 1. The van der Waals surface area contributed by atoms with Gasteiger partial charge in [0.15, 0.2) is 9.84 Å². The maximum Gasteiger partial charge on any atom is 0.230 e. The van der Waals surface area contributed by atoms with Crippen molar-refractivity contribution >= 4 is 27.5 Å². The third-order valence-corrected chi connectivity index (χ3v) is 5.37. The Morgan fingerprint density at radius 1 is 1.60 bits per heavy atom. The molecule has 1 amide bonds. The van der Waals surface area contributed by atoms with E-state index >= 15 is 0 Å². The molecule has 1 N–H and O–H groups in total. The SMILES string of the molecule is C=CCNC(=O)CSC1CCS(=O)(=O)C1. The Morgan fingerprint density at radius 3 is 2.87 bits per heavy atom. The van der Waals surface area contributed by atoms with Gasteiger partial charge in [0.05, 0.1) is 17.3 Å². The number of hydrogen-bond acceptors (Lipinski definition) is 4. The molecule has 0 aromatic carbocycles. The quantitative estimate of drug-likeness (QED) is 0.707. The summed E-state index contributed by atoms with van der Waals surface area (Å²) in [6.07, 6.45) is 2.28. The molecule has 0 aliphatic carbocycles. The summed E-state index contributed by atoms with van der Waals surface area (Å²) < 4.78 is 22.3. The fraction of sp³-hybridized carbons (Fsp3) is 0.667. The average Bonchev–Trinajstić information content (AvgIpc) is 2.52. The molecular weight excluding hydrogens is 234 g/mol. The Hall–Kier alpha value is -0.490. The molecule has 1 heterocycles. The van der Waals surface area contributed by atoms with E-state index in [2.05, 4.69) is 11.9 Å². The summed E-state index contributed by atoms with van der Waals surface area (Å²) in [6.45, 7) is 3.95. The summed E-state index contributed by atoms with van der Waals surface area (Å²) in [7, 11) is -2.83. The molecule has 1 saturated heterocycles. The predicted octanol–water partition coefficient (Wildman–Crippen LogP) is 0.209. The summed E-state index contributed by atoms with van der Waals surface area (Å²) in [5.41, 5.74) is 0. The molecule has 6 heteroatoms. The Morgan fingerprint density at radius 2 is 2.33 bits per heavy atom. The molecule has 4 nitrogen and oxygen atoms in total. The average molecular weight is 249 g/mol. The van der Waals surface area contributed by atoms with Gasteiger partial charge in [-0.15, -0.1) is 18.3 Å². The molecule has 1 atom stereocenters. The van der Waals surface area contributed by atoms with Crippen LogP contribution in [-0.2, 0) is 14.6 Å². The van der Waals surface area contributed by atoms with Crippen LogP contribution in [0.1, 0.15) is 6.42 Å². The lowest BCUT2D eigenvalue weighted by molar-refractivity contribution is -0.118. The Kier molecular flexibility index (Phi) is 4.66. The molecule has 86 valence electrons. The molecular formula is C9H15NO3S2. The molecule has 0 aromatic rings. The molecule has 0 aromatic heterocycles. The van der Waals surface area contributed by atoms with E-state index in [0.29, 0.717) is 18.7 Å². The van der Waals surface area contributed by atoms with Gasteiger partial charge in [-0.3, -0.25) is 4.79 Å². The van der Waals surface area contributed by atoms with Gasteiger partial charge >= 0.3 is 0 Å². The maximum absolute atomic E-state index is 11.2. The van der Waals surface area contributed by atoms with Gasteiger partial charge in [-0.25, -0.2) is 8.42 Å². The fourth-order valence-electron chi connectivity index (χ4n) is 1.32. The lowest BCUT2D eigenvalue weighted by Gasteiger charge is -2.06. The van der Waals surface area contributed by atoms with Crippen molar-refractivity contribution in [3.8, 4) is 0 Å². The number of nitrogens with one attached hydrogen (secondary N) is 1. The van der Waals surface area contributed by atoms with Crippen LogP contribution in [0.5, 0.6) is 0 Å². The van der Waals surface area contributed by atoms with Gasteiger partial charge in [0.1, 0.15) is 0 Å². The monoisotopic (exact) mass is 249 g/mol. The highest BCUT2D eigenvalue weighted by molar-refractivity contribution is 8.02. The number of amides is 1. The maximum atomic E-state index is 11.2. The zero-order chi connectivity index (χ0) is 11.3. The highest BCUT2D eigenvalue weighted by Gasteiger charge is 2.28. The van der Waals surface area contributed by atoms with E-state index in [1.807, 2.05) is 0 Å². The second-order valence-corrected chi connectivity index (χ2v) is 6.95. The topological polar surface area (TPSA) is 63.2 Å². The second kappa shape index (κ2) is 5.55. The number of carbonyl (C=O) groups excluding carboxylic acids is 1. The minimum Gasteiger partial charge on any atom is -0.352 e. The zero-order valence-corrected chi connectivity index (χ0v) is 10.1. The first-order valence-electron chi connectivity index (χ1n) is 4.73. The van der Waals surface area contributed by atoms with Crippen LogP contribution in [0.25, 0.3) is 0 Å². The smallest absolute Gasteiger partial charge is 0.230 e. The molecule has 1 unspecified atom stereocenters. The number of rotatable bonds is 5. The number of sulfone groups is 1. The van der Waals surface area contributed by atoms with Crippen molar-refractivity contribution in [1.29, 1.82) is 0 Å². The molecule has 15 heavy (non-hydrogen) atoms. The number of hydrogen-bond donors (Lipinski definition) is 1. The Labute approximate surface area is 94.4 Å². The van der Waals surface area contributed by atoms with E-state index in [1.165, 1.54) is 11.8 Å². The van der Waals surface area contributed by atoms with Crippen LogP contribution in [0.2, 0.25) is 0 Å². The molecule has 1 rings (SSSR count). The van der Waals surface area contributed by atoms with Gasteiger partial charge in [0.25, 0.3) is 0 Å². The van der Waals surface area contributed by atoms with E-state index in [1.54, 1.807) is 6.08 Å². The van der Waals surface area contributed by atoms with E-state index in [-0.39, 0.29) is 22.7 Å². The Bertz CT molecular complexity index is 337. The van der Waals surface area contributed by atoms with Crippen molar-refractivity contribution in [3.05, 3.63) is 12.7 Å². The highest BCUT2D eigenvalue weighted by Crippen LogP contribution is 2.23. The summed E-state index contributed by atoms with van der Waals surface area (Å²) in [4.78, 5) is 11.2. The lowest BCUT2D eigenvalue weighted by Crippen LogP contribution is -2.26. The molecule has 1 aliphatic rings. The van der Waals surface area contributed by atoms with Crippen molar-refractivity contribution in [3.63, 3.8) is 0 Å². The van der Waals surface area contributed by atoms with Crippen LogP contribution in [-0.4, -0.2) is 43.4 Å². The van der Waals surface area contributed by atoms with E-state index < -0.39 is 9.84 Å². The molecule has 0 spiro atoms. The standard InChI is InChI=1S/C9H15NO3S2/c1-2-4-10-9(11)6-14-8-3-5-15(12,13)7-8/h2,8H,1,3-7H2,(H,10,11). The van der Waals surface area contributed by atoms with Crippen LogP contribution in [0.3, 0.4) is 0 Å². The van der Waals surface area contributed by atoms with Gasteiger partial charge in [0.2, 0.25) is 5.91 Å². The van der Waals surface area contributed by atoms with Crippen molar-refractivity contribution in [2.75, 3.05) is 23.8 Å². The van der Waals surface area contributed by atoms with Crippen molar-refractivity contribution in [1.82, 2.24) is 5.32 Å². The lowest BCUT2D eigenvalue weighted by atomic mass is 10.4. The largest absolute Gasteiger partial charge is 0.352 e. The van der Waals surface area contributed by atoms with Crippen molar-refractivity contribution in [2.24, 2.45) is 0 Å². The van der Waals surface area contributed by atoms with Gasteiger partial charge in [-0.05, 0) is 6.42 Å². The summed E-state index contributed by atoms with van der Waals surface area (Å²) >= 11 is 1.42. The first kappa shape index (κ1) is 12.6. The van der Waals surface area contributed by atoms with Crippen molar-refractivity contribution in [2.45, 2.75) is 11.7 Å². The normalized spacial score (nSPS) is 23.6. The van der Waals surface area contributed by atoms with Crippen LogP contribution in [0.15, 0.2) is 12.7 Å². The van der Waals surface area contributed by atoms with Crippen LogP contribution in [0, 0.1) is 0 Å². The van der Waals surface area contributed by atoms with Crippen LogP contribution < -0.4 is 5.32 Å². The van der Waals surface area contributed by atoms with Gasteiger partial charge in [-0.1, -0.05) is 6.08 Å². The first-order valence-corrected chi connectivity index (χ1v) is 7.60. The molecule has 1 fully saturated rings. The second-order valence-electron chi connectivity index (χ2n) is 3.43. The van der Waals surface area contributed by atoms with Crippen LogP contribution >= 0.6 is 11.8 Å². The zero-order valence-electron chi connectivity index (χ0n) is 8.44. The van der Waals surface area contributed by atoms with E-state index in [0.717, 1.165) is 0 Å². The number of thioether (sulfide) groups is 1. The summed E-state index contributed by atoms with van der Waals surface area (Å²) in [5, 5.41) is 2.74. The minimum absolute atomic E-state index is 0.0656. The van der Waals surface area contributed by atoms with E-state index in [4.69, 9.17) is 0 Å². The minimum atomic E-state index is -2.83. The van der Waals surface area contributed by atoms with Gasteiger partial charge in [-0.2, -0.15) is 0 Å². The fourth-order valence-corrected chi connectivity index (χ4v) is 4.80. The molecule has 1 aliphatic heterocycles.